The highest BCUT2D eigenvalue weighted by Crippen LogP contribution is 1.98. The molecule has 0 aromatic rings. The monoisotopic (exact) mass is 137 g/mol. The lowest BCUT2D eigenvalue weighted by Gasteiger charge is -2.08. The van der Waals surface area contributed by atoms with Gasteiger partial charge < -0.3 is 5.32 Å². The minimum absolute atomic E-state index is 0.344. The molecule has 0 aromatic heterocycles. The second kappa shape index (κ2) is 5.00. The largest absolute Gasteiger partial charge is 0.313 e. The van der Waals surface area contributed by atoms with Crippen molar-refractivity contribution >= 4 is 0 Å². The zero-order valence-corrected chi connectivity index (χ0v) is 6.72. The Morgan fingerprint density at radius 1 is 1.60 bits per heavy atom. The molecule has 0 spiro atoms. The van der Waals surface area contributed by atoms with Crippen molar-refractivity contribution in [2.24, 2.45) is 0 Å². The first-order valence-corrected chi connectivity index (χ1v) is 3.37. The summed E-state index contributed by atoms with van der Waals surface area (Å²) in [6.07, 6.45) is 5.58. The molecule has 0 aliphatic rings. The summed E-state index contributed by atoms with van der Waals surface area (Å²) in [7, 11) is 1.91. The molecule has 1 unspecified atom stereocenters. The Morgan fingerprint density at radius 3 is 2.60 bits per heavy atom. The highest BCUT2D eigenvalue weighted by atomic mass is 14.8. The summed E-state index contributed by atoms with van der Waals surface area (Å²) < 4.78 is 0. The fraction of sp³-hybridized carbons (Fsp3) is 0.333. The molecular weight excluding hydrogens is 122 g/mol. The predicted octanol–water partition coefficient (Wildman–Crippen LogP) is 1.89. The van der Waals surface area contributed by atoms with Crippen LogP contribution in [0.2, 0.25) is 0 Å². The highest BCUT2D eigenvalue weighted by Gasteiger charge is 1.96. The third-order valence-electron chi connectivity index (χ3n) is 1.44. The first kappa shape index (κ1) is 9.18. The third kappa shape index (κ3) is 3.25. The van der Waals surface area contributed by atoms with Crippen LogP contribution < -0.4 is 5.32 Å². The summed E-state index contributed by atoms with van der Waals surface area (Å²) in [5, 5.41) is 3.09. The summed E-state index contributed by atoms with van der Waals surface area (Å²) in [6, 6.07) is 0.344. The SMILES string of the molecule is C=C/C=C\C(=C)C(C)NC. The van der Waals surface area contributed by atoms with E-state index < -0.39 is 0 Å². The van der Waals surface area contributed by atoms with E-state index in [0.29, 0.717) is 6.04 Å². The summed E-state index contributed by atoms with van der Waals surface area (Å²) in [6.45, 7) is 9.50. The minimum Gasteiger partial charge on any atom is -0.313 e. The first-order chi connectivity index (χ1) is 4.72. The maximum atomic E-state index is 3.87. The van der Waals surface area contributed by atoms with Crippen molar-refractivity contribution in [1.29, 1.82) is 0 Å². The summed E-state index contributed by atoms with van der Waals surface area (Å²) in [5.41, 5.74) is 1.07. The molecule has 0 fully saturated rings. The van der Waals surface area contributed by atoms with Crippen LogP contribution in [0.15, 0.2) is 37.0 Å². The van der Waals surface area contributed by atoms with Crippen LogP contribution in [0.3, 0.4) is 0 Å². The van der Waals surface area contributed by atoms with Gasteiger partial charge in [0.2, 0.25) is 0 Å². The van der Waals surface area contributed by atoms with Gasteiger partial charge in [0.15, 0.2) is 0 Å². The molecule has 0 rings (SSSR count). The van der Waals surface area contributed by atoms with Crippen molar-refractivity contribution in [2.45, 2.75) is 13.0 Å². The quantitative estimate of drug-likeness (QED) is 0.583. The van der Waals surface area contributed by atoms with Crippen LogP contribution in [-0.2, 0) is 0 Å². The number of rotatable bonds is 4. The van der Waals surface area contributed by atoms with E-state index in [2.05, 4.69) is 25.4 Å². The molecule has 56 valence electrons. The molecule has 0 aliphatic carbocycles. The smallest absolute Gasteiger partial charge is 0.0283 e. The van der Waals surface area contributed by atoms with Crippen LogP contribution >= 0.6 is 0 Å². The Kier molecular flexibility index (Phi) is 4.59. The molecule has 1 N–H and O–H groups in total. The normalized spacial score (nSPS) is 13.4. The molecule has 1 heteroatoms. The van der Waals surface area contributed by atoms with Gasteiger partial charge in [0.05, 0.1) is 0 Å². The first-order valence-electron chi connectivity index (χ1n) is 3.37. The summed E-state index contributed by atoms with van der Waals surface area (Å²) in [4.78, 5) is 0. The average molecular weight is 137 g/mol. The van der Waals surface area contributed by atoms with E-state index in [0.717, 1.165) is 5.57 Å². The van der Waals surface area contributed by atoms with E-state index in [-0.39, 0.29) is 0 Å². The number of allylic oxidation sites excluding steroid dienone is 2. The van der Waals surface area contributed by atoms with Gasteiger partial charge in [0.1, 0.15) is 0 Å². The van der Waals surface area contributed by atoms with Gasteiger partial charge in [0.25, 0.3) is 0 Å². The molecular formula is C9H15N. The van der Waals surface area contributed by atoms with E-state index in [9.17, 15) is 0 Å². The van der Waals surface area contributed by atoms with Gasteiger partial charge in [-0.2, -0.15) is 0 Å². The molecule has 0 amide bonds. The maximum Gasteiger partial charge on any atom is 0.0283 e. The highest BCUT2D eigenvalue weighted by molar-refractivity contribution is 5.22. The number of likely N-dealkylation sites (N-methyl/N-ethyl adjacent to an activating group) is 1. The van der Waals surface area contributed by atoms with E-state index in [1.807, 2.05) is 19.2 Å². The maximum absolute atomic E-state index is 3.87. The lowest BCUT2D eigenvalue weighted by molar-refractivity contribution is 0.707. The molecule has 10 heavy (non-hydrogen) atoms. The van der Waals surface area contributed by atoms with Crippen LogP contribution in [0.1, 0.15) is 6.92 Å². The standard InChI is InChI=1S/C9H15N/c1-5-6-7-8(2)9(3)10-4/h5-7,9-10H,1-2H2,3-4H3/b7-6-. The second-order valence-corrected chi connectivity index (χ2v) is 2.18. The van der Waals surface area contributed by atoms with Crippen molar-refractivity contribution in [3.8, 4) is 0 Å². The average Bonchev–Trinajstić information content (AvgIpc) is 1.98. The van der Waals surface area contributed by atoms with Crippen LogP contribution in [0, 0.1) is 0 Å². The molecule has 1 nitrogen and oxygen atoms in total. The molecule has 0 radical (unpaired) electrons. The fourth-order valence-electron chi connectivity index (χ4n) is 0.521. The van der Waals surface area contributed by atoms with Crippen LogP contribution in [0.25, 0.3) is 0 Å². The van der Waals surface area contributed by atoms with Crippen LogP contribution in [-0.4, -0.2) is 13.1 Å². The van der Waals surface area contributed by atoms with E-state index in [1.165, 1.54) is 0 Å². The topological polar surface area (TPSA) is 12.0 Å². The Hall–Kier alpha value is -0.820. The third-order valence-corrected chi connectivity index (χ3v) is 1.44. The molecule has 0 saturated carbocycles. The van der Waals surface area contributed by atoms with Crippen LogP contribution in [0.4, 0.5) is 0 Å². The van der Waals surface area contributed by atoms with Gasteiger partial charge in [-0.3, -0.25) is 0 Å². The predicted molar refractivity (Wildman–Crippen MR) is 47.0 cm³/mol. The minimum atomic E-state index is 0.344. The van der Waals surface area contributed by atoms with Crippen molar-refractivity contribution in [3.63, 3.8) is 0 Å². The van der Waals surface area contributed by atoms with Crippen molar-refractivity contribution in [2.75, 3.05) is 7.05 Å². The van der Waals surface area contributed by atoms with E-state index >= 15 is 0 Å². The van der Waals surface area contributed by atoms with Gasteiger partial charge in [-0.1, -0.05) is 31.4 Å². The molecule has 0 bridgehead atoms. The van der Waals surface area contributed by atoms with Crippen molar-refractivity contribution in [1.82, 2.24) is 5.32 Å². The van der Waals surface area contributed by atoms with E-state index in [4.69, 9.17) is 0 Å². The molecule has 0 aromatic carbocycles. The Morgan fingerprint density at radius 2 is 2.20 bits per heavy atom. The summed E-state index contributed by atoms with van der Waals surface area (Å²) in [5.74, 6) is 0. The van der Waals surface area contributed by atoms with Gasteiger partial charge in [-0.05, 0) is 19.5 Å². The molecule has 1 atom stereocenters. The summed E-state index contributed by atoms with van der Waals surface area (Å²) >= 11 is 0. The van der Waals surface area contributed by atoms with Gasteiger partial charge in [-0.25, -0.2) is 0 Å². The number of hydrogen-bond donors (Lipinski definition) is 1. The number of hydrogen-bond acceptors (Lipinski definition) is 1. The Bertz CT molecular complexity index is 145. The van der Waals surface area contributed by atoms with Gasteiger partial charge >= 0.3 is 0 Å². The lowest BCUT2D eigenvalue weighted by atomic mass is 10.1. The molecule has 0 aliphatic heterocycles. The molecule has 0 saturated heterocycles. The van der Waals surface area contributed by atoms with Crippen molar-refractivity contribution < 1.29 is 0 Å². The lowest BCUT2D eigenvalue weighted by Crippen LogP contribution is -2.21. The molecule has 0 heterocycles. The Labute approximate surface area is 63.1 Å². The van der Waals surface area contributed by atoms with Crippen molar-refractivity contribution in [3.05, 3.63) is 37.0 Å². The van der Waals surface area contributed by atoms with Gasteiger partial charge in [0, 0.05) is 6.04 Å². The number of nitrogens with one attached hydrogen (secondary N) is 1. The van der Waals surface area contributed by atoms with Crippen LogP contribution in [0.5, 0.6) is 0 Å². The van der Waals surface area contributed by atoms with E-state index in [1.54, 1.807) is 6.08 Å². The fourth-order valence-corrected chi connectivity index (χ4v) is 0.521. The zero-order chi connectivity index (χ0) is 7.98. The van der Waals surface area contributed by atoms with Gasteiger partial charge in [-0.15, -0.1) is 0 Å². The zero-order valence-electron chi connectivity index (χ0n) is 6.72. The second-order valence-electron chi connectivity index (χ2n) is 2.18. The Balaban J connectivity index is 3.83.